The van der Waals surface area contributed by atoms with Crippen LogP contribution >= 0.6 is 0 Å². The maximum Gasteiger partial charge on any atom is 0.338 e. The van der Waals surface area contributed by atoms with Gasteiger partial charge in [-0.2, -0.15) is 0 Å². The van der Waals surface area contributed by atoms with Crippen molar-refractivity contribution in [1.29, 1.82) is 0 Å². The predicted octanol–water partition coefficient (Wildman–Crippen LogP) is 5.29. The highest BCUT2D eigenvalue weighted by Crippen LogP contribution is 2.22. The summed E-state index contributed by atoms with van der Waals surface area (Å²) in [5, 5.41) is 0. The number of urea groups is 1. The van der Waals surface area contributed by atoms with E-state index in [2.05, 4.69) is 6.92 Å². The molecule has 0 radical (unpaired) electrons. The van der Waals surface area contributed by atoms with Crippen molar-refractivity contribution in [2.75, 3.05) is 11.4 Å². The lowest BCUT2D eigenvalue weighted by atomic mass is 10.1. The fourth-order valence-electron chi connectivity index (χ4n) is 3.45. The van der Waals surface area contributed by atoms with Crippen molar-refractivity contribution in [2.45, 2.75) is 77.6 Å². The molecule has 5 heteroatoms. The minimum Gasteiger partial charge on any atom is -0.274 e. The molecule has 5 nitrogen and oxygen atoms in total. The Morgan fingerprint density at radius 1 is 0.741 bits per heavy atom. The lowest BCUT2D eigenvalue weighted by molar-refractivity contribution is -0.134. The molecular formula is C22H32N2O3. The van der Waals surface area contributed by atoms with Crippen LogP contribution in [0.5, 0.6) is 0 Å². The molecule has 1 heterocycles. The number of carbonyl (C=O) groups is 3. The molecular weight excluding hydrogens is 340 g/mol. The van der Waals surface area contributed by atoms with Gasteiger partial charge in [0.25, 0.3) is 0 Å². The van der Waals surface area contributed by atoms with Gasteiger partial charge in [-0.3, -0.25) is 14.5 Å². The van der Waals surface area contributed by atoms with Crippen molar-refractivity contribution >= 4 is 23.5 Å². The van der Waals surface area contributed by atoms with E-state index >= 15 is 0 Å². The lowest BCUT2D eigenvalue weighted by Gasteiger charge is -2.32. The number of barbiturate groups is 1. The zero-order valence-corrected chi connectivity index (χ0v) is 16.5. The fourth-order valence-corrected chi connectivity index (χ4v) is 3.45. The van der Waals surface area contributed by atoms with Crippen molar-refractivity contribution in [1.82, 2.24) is 4.90 Å². The van der Waals surface area contributed by atoms with Gasteiger partial charge in [0.05, 0.1) is 5.69 Å². The number of anilines is 1. The first-order valence-electron chi connectivity index (χ1n) is 10.4. The van der Waals surface area contributed by atoms with E-state index in [1.165, 1.54) is 49.8 Å². The molecule has 0 spiro atoms. The SMILES string of the molecule is CCCCCCCCCCCCN1C(=O)CC(=O)N(c2ccccc2)C1=O. The van der Waals surface area contributed by atoms with Gasteiger partial charge in [-0.25, -0.2) is 9.69 Å². The first-order chi connectivity index (χ1) is 13.1. The van der Waals surface area contributed by atoms with Gasteiger partial charge < -0.3 is 0 Å². The van der Waals surface area contributed by atoms with Gasteiger partial charge in [-0.05, 0) is 18.6 Å². The number of carbonyl (C=O) groups excluding carboxylic acids is 3. The molecule has 0 aliphatic carbocycles. The lowest BCUT2D eigenvalue weighted by Crippen LogP contribution is -2.55. The highest BCUT2D eigenvalue weighted by atomic mass is 16.2. The standard InChI is InChI=1S/C22H32N2O3/c1-2-3-4-5-6-7-8-9-10-14-17-23-20(25)18-21(26)24(22(23)27)19-15-12-11-13-16-19/h11-13,15-16H,2-10,14,17-18H2,1H3. The summed E-state index contributed by atoms with van der Waals surface area (Å²) in [6.07, 6.45) is 11.8. The van der Waals surface area contributed by atoms with E-state index in [1.807, 2.05) is 6.07 Å². The van der Waals surface area contributed by atoms with Gasteiger partial charge in [0.15, 0.2) is 0 Å². The zero-order valence-electron chi connectivity index (χ0n) is 16.5. The van der Waals surface area contributed by atoms with Gasteiger partial charge >= 0.3 is 6.03 Å². The second kappa shape index (κ2) is 11.5. The molecule has 4 amide bonds. The van der Waals surface area contributed by atoms with Gasteiger partial charge in [0, 0.05) is 6.54 Å². The van der Waals surface area contributed by atoms with Crippen molar-refractivity contribution in [2.24, 2.45) is 0 Å². The predicted molar refractivity (Wildman–Crippen MR) is 107 cm³/mol. The second-order valence-corrected chi connectivity index (χ2v) is 7.25. The van der Waals surface area contributed by atoms with E-state index in [-0.39, 0.29) is 12.3 Å². The van der Waals surface area contributed by atoms with Crippen LogP contribution in [0.1, 0.15) is 77.6 Å². The molecule has 1 saturated heterocycles. The van der Waals surface area contributed by atoms with E-state index in [9.17, 15) is 14.4 Å². The summed E-state index contributed by atoms with van der Waals surface area (Å²) in [5.41, 5.74) is 0.521. The Balaban J connectivity index is 1.71. The Bertz CT molecular complexity index is 615. The fraction of sp³-hybridized carbons (Fsp3) is 0.591. The number of hydrogen-bond acceptors (Lipinski definition) is 3. The number of nitrogens with zero attached hydrogens (tertiary/aromatic N) is 2. The van der Waals surface area contributed by atoms with E-state index in [0.29, 0.717) is 12.2 Å². The molecule has 1 aliphatic rings. The van der Waals surface area contributed by atoms with Crippen LogP contribution < -0.4 is 4.90 Å². The topological polar surface area (TPSA) is 57.7 Å². The molecule has 1 aromatic rings. The first kappa shape index (κ1) is 21.1. The summed E-state index contributed by atoms with van der Waals surface area (Å²) in [6, 6.07) is 8.29. The molecule has 1 aliphatic heterocycles. The Kier molecular flexibility index (Phi) is 9.02. The summed E-state index contributed by atoms with van der Waals surface area (Å²) in [5.74, 6) is -0.830. The number of benzene rings is 1. The molecule has 1 aromatic carbocycles. The third-order valence-electron chi connectivity index (χ3n) is 5.02. The Labute approximate surface area is 162 Å². The van der Waals surface area contributed by atoms with Crippen LogP contribution in [0.15, 0.2) is 30.3 Å². The van der Waals surface area contributed by atoms with Crippen LogP contribution in [0, 0.1) is 0 Å². The molecule has 0 saturated carbocycles. The van der Waals surface area contributed by atoms with E-state index in [1.54, 1.807) is 24.3 Å². The van der Waals surface area contributed by atoms with E-state index in [0.717, 1.165) is 24.2 Å². The largest absolute Gasteiger partial charge is 0.338 e. The van der Waals surface area contributed by atoms with Crippen molar-refractivity contribution in [3.05, 3.63) is 30.3 Å². The van der Waals surface area contributed by atoms with E-state index in [4.69, 9.17) is 0 Å². The minimum absolute atomic E-state index is 0.238. The van der Waals surface area contributed by atoms with E-state index < -0.39 is 11.9 Å². The van der Waals surface area contributed by atoms with Gasteiger partial charge in [-0.1, -0.05) is 82.9 Å². The molecule has 0 aromatic heterocycles. The van der Waals surface area contributed by atoms with Crippen LogP contribution in [-0.2, 0) is 9.59 Å². The average molecular weight is 373 g/mol. The van der Waals surface area contributed by atoms with Crippen LogP contribution in [0.4, 0.5) is 10.5 Å². The number of amides is 4. The second-order valence-electron chi connectivity index (χ2n) is 7.25. The van der Waals surface area contributed by atoms with Crippen molar-refractivity contribution in [3.63, 3.8) is 0 Å². The van der Waals surface area contributed by atoms with Crippen LogP contribution in [0.25, 0.3) is 0 Å². The quantitative estimate of drug-likeness (QED) is 0.370. The van der Waals surface area contributed by atoms with Gasteiger partial charge in [0.1, 0.15) is 6.42 Å². The van der Waals surface area contributed by atoms with Crippen LogP contribution in [0.3, 0.4) is 0 Å². The van der Waals surface area contributed by atoms with Crippen LogP contribution in [0.2, 0.25) is 0 Å². The molecule has 0 bridgehead atoms. The third kappa shape index (κ3) is 6.49. The number of unbranched alkanes of at least 4 members (excludes halogenated alkanes) is 9. The highest BCUT2D eigenvalue weighted by Gasteiger charge is 2.38. The molecule has 0 atom stereocenters. The van der Waals surface area contributed by atoms with Gasteiger partial charge in [-0.15, -0.1) is 0 Å². The molecule has 0 N–H and O–H groups in total. The van der Waals surface area contributed by atoms with Crippen LogP contribution in [-0.4, -0.2) is 29.3 Å². The monoisotopic (exact) mass is 372 g/mol. The number of rotatable bonds is 12. The Hall–Kier alpha value is -2.17. The summed E-state index contributed by atoms with van der Waals surface area (Å²) in [6.45, 7) is 2.62. The zero-order chi connectivity index (χ0) is 19.5. The highest BCUT2D eigenvalue weighted by molar-refractivity contribution is 6.26. The summed E-state index contributed by atoms with van der Waals surface area (Å²) >= 11 is 0. The molecule has 2 rings (SSSR count). The summed E-state index contributed by atoms with van der Waals surface area (Å²) < 4.78 is 0. The summed E-state index contributed by atoms with van der Waals surface area (Å²) in [7, 11) is 0. The normalized spacial score (nSPS) is 14.9. The van der Waals surface area contributed by atoms with Crippen molar-refractivity contribution in [3.8, 4) is 0 Å². The Morgan fingerprint density at radius 3 is 1.89 bits per heavy atom. The third-order valence-corrected chi connectivity index (χ3v) is 5.02. The average Bonchev–Trinajstić information content (AvgIpc) is 2.66. The number of imide groups is 2. The smallest absolute Gasteiger partial charge is 0.274 e. The molecule has 148 valence electrons. The molecule has 1 fully saturated rings. The molecule has 0 unspecified atom stereocenters. The first-order valence-corrected chi connectivity index (χ1v) is 10.4. The van der Waals surface area contributed by atoms with Gasteiger partial charge in [0.2, 0.25) is 11.8 Å². The number of hydrogen-bond donors (Lipinski definition) is 0. The van der Waals surface area contributed by atoms with Crippen molar-refractivity contribution < 1.29 is 14.4 Å². The Morgan fingerprint density at radius 2 is 1.30 bits per heavy atom. The maximum absolute atomic E-state index is 12.6. The maximum atomic E-state index is 12.6. The summed E-state index contributed by atoms with van der Waals surface area (Å²) in [4.78, 5) is 39.3. The number of para-hydroxylation sites is 1. The minimum atomic E-state index is -0.515. The molecule has 27 heavy (non-hydrogen) atoms.